The number of benzene rings is 1. The largest absolute Gasteiger partial charge is 0.463 e. The normalized spacial score (nSPS) is 19.8. The number of primary amides is 1. The second-order valence-corrected chi connectivity index (χ2v) is 8.37. The fourth-order valence-electron chi connectivity index (χ4n) is 3.21. The molecule has 1 fully saturated rings. The number of carbonyl (C=O) groups excluding carboxylic acids is 4. The van der Waals surface area contributed by atoms with Crippen LogP contribution in [0.15, 0.2) is 18.2 Å². The number of urea groups is 1. The average Bonchev–Trinajstić information content (AvgIpc) is 2.77. The van der Waals surface area contributed by atoms with Gasteiger partial charge in [0.25, 0.3) is 0 Å². The maximum absolute atomic E-state index is 12.4. The zero-order valence-electron chi connectivity index (χ0n) is 19.5. The number of nitrogens with one attached hydrogen (secondary N) is 2. The summed E-state index contributed by atoms with van der Waals surface area (Å²) in [5, 5.41) is 15.3. The van der Waals surface area contributed by atoms with Crippen molar-refractivity contribution in [2.75, 3.05) is 11.9 Å². The molecule has 2 rings (SSSR count). The van der Waals surface area contributed by atoms with Crippen molar-refractivity contribution in [1.29, 1.82) is 0 Å². The number of rotatable bonds is 12. The highest BCUT2D eigenvalue weighted by Crippen LogP contribution is 2.30. The Morgan fingerprint density at radius 3 is 2.71 bits per heavy atom. The Kier molecular flexibility index (Phi) is 10.8. The summed E-state index contributed by atoms with van der Waals surface area (Å²) >= 11 is 0. The molecular formula is C23H33N3O8. The van der Waals surface area contributed by atoms with E-state index in [0.29, 0.717) is 36.9 Å². The van der Waals surface area contributed by atoms with Gasteiger partial charge >= 0.3 is 12.0 Å². The first-order valence-corrected chi connectivity index (χ1v) is 11.3. The van der Waals surface area contributed by atoms with E-state index in [4.69, 9.17) is 19.9 Å². The lowest BCUT2D eigenvalue weighted by Crippen LogP contribution is -2.39. The van der Waals surface area contributed by atoms with E-state index in [9.17, 15) is 24.3 Å². The molecule has 1 aliphatic heterocycles. The average molecular weight is 480 g/mol. The number of anilines is 1. The second-order valence-electron chi connectivity index (χ2n) is 8.37. The number of ether oxygens (including phenoxy) is 3. The van der Waals surface area contributed by atoms with Crippen LogP contribution in [-0.4, -0.2) is 54.3 Å². The van der Waals surface area contributed by atoms with E-state index in [1.54, 1.807) is 32.0 Å². The minimum Gasteiger partial charge on any atom is -0.463 e. The van der Waals surface area contributed by atoms with Crippen molar-refractivity contribution < 1.29 is 38.5 Å². The summed E-state index contributed by atoms with van der Waals surface area (Å²) in [6, 6.07) is 4.31. The highest BCUT2D eigenvalue weighted by Gasteiger charge is 2.30. The Hall–Kier alpha value is -3.18. The Morgan fingerprint density at radius 1 is 1.26 bits per heavy atom. The van der Waals surface area contributed by atoms with Crippen LogP contribution in [0.5, 0.6) is 5.75 Å². The summed E-state index contributed by atoms with van der Waals surface area (Å²) in [5.41, 5.74) is 6.00. The molecule has 1 heterocycles. The fraction of sp³-hybridized carbons (Fsp3) is 0.565. The molecule has 1 aromatic carbocycles. The van der Waals surface area contributed by atoms with Crippen molar-refractivity contribution in [1.82, 2.24) is 5.32 Å². The first kappa shape index (κ1) is 27.1. The van der Waals surface area contributed by atoms with Crippen LogP contribution in [-0.2, 0) is 30.5 Å². The molecule has 1 aliphatic rings. The highest BCUT2D eigenvalue weighted by molar-refractivity contribution is 5.92. The molecule has 0 aliphatic carbocycles. The Balaban J connectivity index is 2.08. The van der Waals surface area contributed by atoms with E-state index in [-0.39, 0.29) is 49.4 Å². The lowest BCUT2D eigenvalue weighted by atomic mass is 10.1. The van der Waals surface area contributed by atoms with Crippen LogP contribution < -0.4 is 21.1 Å². The number of aliphatic hydroxyl groups excluding tert-OH is 1. The van der Waals surface area contributed by atoms with E-state index < -0.39 is 24.5 Å². The molecular weight excluding hydrogens is 446 g/mol. The SMILES string of the molecule is CC(C)C(=O)OCc1ccc(NC(=O)CCCCNC(N)=O)c(OC2CC(O)CC(C=O)O2)c1. The third-order valence-electron chi connectivity index (χ3n) is 5.01. The first-order valence-electron chi connectivity index (χ1n) is 11.3. The standard InChI is InChI=1S/C23H33N3O8/c1-14(2)22(30)32-13-15-6-7-18(26-20(29)5-3-4-8-25-23(24)31)19(9-15)34-21-11-16(28)10-17(12-27)33-21/h6-7,9,12,14,16-17,21,28H,3-5,8,10-11,13H2,1-2H3,(H,26,29)(H3,24,25,31). The number of unbranched alkanes of at least 4 members (excludes halogenated alkanes) is 1. The van der Waals surface area contributed by atoms with E-state index in [2.05, 4.69) is 10.6 Å². The topological polar surface area (TPSA) is 166 Å². The molecule has 1 saturated heterocycles. The van der Waals surface area contributed by atoms with Crippen molar-refractivity contribution in [3.05, 3.63) is 23.8 Å². The lowest BCUT2D eigenvalue weighted by molar-refractivity contribution is -0.175. The van der Waals surface area contributed by atoms with E-state index in [0.717, 1.165) is 0 Å². The molecule has 0 bridgehead atoms. The Labute approximate surface area is 198 Å². The van der Waals surface area contributed by atoms with Gasteiger partial charge in [0.15, 0.2) is 0 Å². The van der Waals surface area contributed by atoms with E-state index >= 15 is 0 Å². The van der Waals surface area contributed by atoms with Crippen LogP contribution in [0.1, 0.15) is 51.5 Å². The number of hydrogen-bond acceptors (Lipinski definition) is 8. The number of aldehydes is 1. The summed E-state index contributed by atoms with van der Waals surface area (Å²) in [7, 11) is 0. The van der Waals surface area contributed by atoms with Crippen LogP contribution in [0.2, 0.25) is 0 Å². The molecule has 1 aromatic rings. The monoisotopic (exact) mass is 479 g/mol. The number of aliphatic hydroxyl groups is 1. The van der Waals surface area contributed by atoms with Gasteiger partial charge in [0.05, 0.1) is 17.7 Å². The molecule has 3 atom stereocenters. The molecule has 11 heteroatoms. The van der Waals surface area contributed by atoms with Crippen LogP contribution >= 0.6 is 0 Å². The molecule has 0 aromatic heterocycles. The smallest absolute Gasteiger partial charge is 0.312 e. The maximum atomic E-state index is 12.4. The summed E-state index contributed by atoms with van der Waals surface area (Å²) in [6.45, 7) is 3.85. The molecule has 0 saturated carbocycles. The van der Waals surface area contributed by atoms with Gasteiger partial charge in [0.2, 0.25) is 12.2 Å². The molecule has 34 heavy (non-hydrogen) atoms. The van der Waals surface area contributed by atoms with Crippen molar-refractivity contribution in [3.63, 3.8) is 0 Å². The van der Waals surface area contributed by atoms with Gasteiger partial charge in [-0.05, 0) is 30.5 Å². The molecule has 3 unspecified atom stereocenters. The van der Waals surface area contributed by atoms with Gasteiger partial charge in [-0.25, -0.2) is 4.79 Å². The van der Waals surface area contributed by atoms with Crippen LogP contribution in [0, 0.1) is 5.92 Å². The third-order valence-corrected chi connectivity index (χ3v) is 5.01. The van der Waals surface area contributed by atoms with Crippen LogP contribution in [0.25, 0.3) is 0 Å². The number of hydrogen-bond donors (Lipinski definition) is 4. The van der Waals surface area contributed by atoms with Crippen LogP contribution in [0.3, 0.4) is 0 Å². The molecule has 188 valence electrons. The van der Waals surface area contributed by atoms with E-state index in [1.165, 1.54) is 0 Å². The molecule has 0 radical (unpaired) electrons. The predicted molar refractivity (Wildman–Crippen MR) is 122 cm³/mol. The molecule has 5 N–H and O–H groups in total. The third kappa shape index (κ3) is 9.36. The van der Waals surface area contributed by atoms with Gasteiger partial charge in [0, 0.05) is 25.8 Å². The number of carbonyl (C=O) groups is 4. The molecule has 0 spiro atoms. The van der Waals surface area contributed by atoms with Gasteiger partial charge in [-0.2, -0.15) is 0 Å². The molecule has 11 nitrogen and oxygen atoms in total. The van der Waals surface area contributed by atoms with Crippen molar-refractivity contribution in [2.24, 2.45) is 11.7 Å². The minimum atomic E-state index is -0.900. The first-order chi connectivity index (χ1) is 16.2. The quantitative estimate of drug-likeness (QED) is 0.199. The summed E-state index contributed by atoms with van der Waals surface area (Å²) < 4.78 is 16.7. The summed E-state index contributed by atoms with van der Waals surface area (Å²) in [5.74, 6) is -0.632. The van der Waals surface area contributed by atoms with Crippen molar-refractivity contribution >= 4 is 29.9 Å². The summed E-state index contributed by atoms with van der Waals surface area (Å²) in [4.78, 5) is 46.0. The van der Waals surface area contributed by atoms with Gasteiger partial charge in [-0.15, -0.1) is 0 Å². The zero-order chi connectivity index (χ0) is 25.1. The summed E-state index contributed by atoms with van der Waals surface area (Å²) in [6.07, 6.45) is -0.198. The van der Waals surface area contributed by atoms with Gasteiger partial charge in [-0.1, -0.05) is 19.9 Å². The predicted octanol–water partition coefficient (Wildman–Crippen LogP) is 1.61. The maximum Gasteiger partial charge on any atom is 0.312 e. The lowest BCUT2D eigenvalue weighted by Gasteiger charge is -2.31. The molecule has 3 amide bonds. The zero-order valence-corrected chi connectivity index (χ0v) is 19.5. The van der Waals surface area contributed by atoms with Crippen molar-refractivity contribution in [3.8, 4) is 5.75 Å². The second kappa shape index (κ2) is 13.5. The van der Waals surface area contributed by atoms with Gasteiger partial charge in [0.1, 0.15) is 24.7 Å². The fourth-order valence-corrected chi connectivity index (χ4v) is 3.21. The highest BCUT2D eigenvalue weighted by atomic mass is 16.7. The minimum absolute atomic E-state index is 0.0135. The number of nitrogens with two attached hydrogens (primary N) is 1. The Bertz CT molecular complexity index is 861. The van der Waals surface area contributed by atoms with Gasteiger partial charge in [-0.3, -0.25) is 9.59 Å². The van der Waals surface area contributed by atoms with Crippen LogP contribution in [0.4, 0.5) is 10.5 Å². The number of amides is 3. The van der Waals surface area contributed by atoms with Crippen molar-refractivity contribution in [2.45, 2.75) is 71.1 Å². The van der Waals surface area contributed by atoms with Gasteiger partial charge < -0.3 is 40.5 Å². The number of esters is 1. The Morgan fingerprint density at radius 2 is 2.03 bits per heavy atom. The van der Waals surface area contributed by atoms with E-state index in [1.807, 2.05) is 0 Å².